The molecule has 0 saturated carbocycles. The summed E-state index contributed by atoms with van der Waals surface area (Å²) in [6.07, 6.45) is 1.12. The van der Waals surface area contributed by atoms with Gasteiger partial charge in [-0.05, 0) is 54.4 Å². The largest absolute Gasteiger partial charge is 0.514 e. The van der Waals surface area contributed by atoms with Gasteiger partial charge in [0.15, 0.2) is 0 Å². The van der Waals surface area contributed by atoms with Crippen molar-refractivity contribution in [3.05, 3.63) is 29.3 Å². The fourth-order valence-corrected chi connectivity index (χ4v) is 2.52. The topological polar surface area (TPSA) is 35.5 Å². The molecule has 1 rings (SSSR count). The van der Waals surface area contributed by atoms with Crippen molar-refractivity contribution in [2.24, 2.45) is 0 Å². The lowest BCUT2D eigenvalue weighted by Crippen LogP contribution is -2.29. The highest BCUT2D eigenvalue weighted by Crippen LogP contribution is 2.33. The molecule has 0 amide bonds. The summed E-state index contributed by atoms with van der Waals surface area (Å²) in [6, 6.07) is 6.06. The molecule has 0 heterocycles. The molecule has 0 saturated heterocycles. The first-order chi connectivity index (χ1) is 10.7. The summed E-state index contributed by atoms with van der Waals surface area (Å²) in [7, 11) is 0. The van der Waals surface area contributed by atoms with Gasteiger partial charge in [-0.15, -0.1) is 0 Å². The van der Waals surface area contributed by atoms with Crippen LogP contribution in [0.15, 0.2) is 18.2 Å². The Labute approximate surface area is 147 Å². The molecule has 0 aliphatic rings. The molecule has 1 aromatic rings. The van der Waals surface area contributed by atoms with E-state index in [1.165, 1.54) is 0 Å². The maximum absolute atomic E-state index is 12.2. The summed E-state index contributed by atoms with van der Waals surface area (Å²) in [6.45, 7) is 18.8. The predicted molar refractivity (Wildman–Crippen MR) is 99.9 cm³/mol. The lowest BCUT2D eigenvalue weighted by atomic mass is 9.80. The molecule has 0 spiro atoms. The molecule has 0 aromatic heterocycles. The predicted octanol–water partition coefficient (Wildman–Crippen LogP) is 6.38. The van der Waals surface area contributed by atoms with E-state index in [9.17, 15) is 4.79 Å². The Hall–Kier alpha value is -1.51. The Morgan fingerprint density at radius 3 is 1.71 bits per heavy atom. The summed E-state index contributed by atoms with van der Waals surface area (Å²) in [4.78, 5) is 12.2. The number of carbonyl (C=O) groups excluding carboxylic acids is 1. The zero-order chi connectivity index (χ0) is 18.8. The highest BCUT2D eigenvalue weighted by atomic mass is 16.7. The smallest absolute Gasteiger partial charge is 0.428 e. The van der Waals surface area contributed by atoms with Crippen LogP contribution < -0.4 is 4.74 Å². The molecule has 0 fully saturated rings. The van der Waals surface area contributed by atoms with Crippen LogP contribution in [0.5, 0.6) is 5.75 Å². The fourth-order valence-electron chi connectivity index (χ4n) is 2.52. The van der Waals surface area contributed by atoms with Crippen molar-refractivity contribution in [3.63, 3.8) is 0 Å². The Morgan fingerprint density at radius 2 is 1.33 bits per heavy atom. The van der Waals surface area contributed by atoms with Gasteiger partial charge in [-0.25, -0.2) is 4.79 Å². The zero-order valence-corrected chi connectivity index (χ0v) is 16.9. The van der Waals surface area contributed by atoms with Gasteiger partial charge in [-0.3, -0.25) is 0 Å². The van der Waals surface area contributed by atoms with Crippen molar-refractivity contribution in [1.29, 1.82) is 0 Å². The standard InChI is InChI=1S/C21H34O3/c1-10-11-21(8,9)24-18(22)23-17-13-15(19(2,3)4)12-16(14-17)20(5,6)7/h12-14H,10-11H2,1-9H3. The van der Waals surface area contributed by atoms with Crippen molar-refractivity contribution < 1.29 is 14.3 Å². The summed E-state index contributed by atoms with van der Waals surface area (Å²) < 4.78 is 11.0. The number of ether oxygens (including phenoxy) is 2. The van der Waals surface area contributed by atoms with E-state index in [0.29, 0.717) is 5.75 Å². The fraction of sp³-hybridized carbons (Fsp3) is 0.667. The quantitative estimate of drug-likeness (QED) is 0.473. The maximum atomic E-state index is 12.2. The second kappa shape index (κ2) is 7.16. The van der Waals surface area contributed by atoms with Crippen LogP contribution in [-0.2, 0) is 15.6 Å². The van der Waals surface area contributed by atoms with Crippen LogP contribution in [0.2, 0.25) is 0 Å². The third kappa shape index (κ3) is 6.18. The maximum Gasteiger partial charge on any atom is 0.514 e. The number of carbonyl (C=O) groups is 1. The summed E-state index contributed by atoms with van der Waals surface area (Å²) in [5.41, 5.74) is 1.73. The Bertz CT molecular complexity index is 539. The Morgan fingerprint density at radius 1 is 0.875 bits per heavy atom. The molecule has 0 aliphatic heterocycles. The second-order valence-corrected chi connectivity index (χ2v) is 9.21. The molecule has 0 aliphatic carbocycles. The van der Waals surface area contributed by atoms with Gasteiger partial charge in [-0.2, -0.15) is 0 Å². The van der Waals surface area contributed by atoms with E-state index in [-0.39, 0.29) is 10.8 Å². The lowest BCUT2D eigenvalue weighted by molar-refractivity contribution is 0.00380. The second-order valence-electron chi connectivity index (χ2n) is 9.21. The van der Waals surface area contributed by atoms with E-state index in [4.69, 9.17) is 9.47 Å². The van der Waals surface area contributed by atoms with E-state index in [2.05, 4.69) is 54.5 Å². The van der Waals surface area contributed by atoms with Crippen molar-refractivity contribution in [2.75, 3.05) is 0 Å². The molecule has 1 aromatic carbocycles. The first kappa shape index (κ1) is 20.5. The number of hydrogen-bond donors (Lipinski definition) is 0. The van der Waals surface area contributed by atoms with Crippen molar-refractivity contribution in [1.82, 2.24) is 0 Å². The van der Waals surface area contributed by atoms with Crippen LogP contribution in [0.25, 0.3) is 0 Å². The molecule has 0 bridgehead atoms. The van der Waals surface area contributed by atoms with Crippen LogP contribution in [0, 0.1) is 0 Å². The van der Waals surface area contributed by atoms with Crippen molar-refractivity contribution in [2.45, 2.75) is 91.6 Å². The van der Waals surface area contributed by atoms with Gasteiger partial charge >= 0.3 is 6.16 Å². The molecular formula is C21H34O3. The van der Waals surface area contributed by atoms with Crippen LogP contribution in [-0.4, -0.2) is 11.8 Å². The van der Waals surface area contributed by atoms with E-state index in [1.54, 1.807) is 0 Å². The first-order valence-electron chi connectivity index (χ1n) is 8.81. The molecule has 0 radical (unpaired) electrons. The van der Waals surface area contributed by atoms with Gasteiger partial charge in [0.1, 0.15) is 11.4 Å². The number of benzene rings is 1. The molecule has 0 unspecified atom stereocenters. The third-order valence-electron chi connectivity index (χ3n) is 4.05. The minimum atomic E-state index is -0.639. The molecule has 3 nitrogen and oxygen atoms in total. The number of rotatable bonds is 4. The summed E-state index contributed by atoms with van der Waals surface area (Å²) in [5.74, 6) is 0.546. The van der Waals surface area contributed by atoms with Gasteiger partial charge in [0.05, 0.1) is 0 Å². The molecule has 0 N–H and O–H groups in total. The lowest BCUT2D eigenvalue weighted by Gasteiger charge is -2.27. The average molecular weight is 335 g/mol. The van der Waals surface area contributed by atoms with E-state index >= 15 is 0 Å². The van der Waals surface area contributed by atoms with Gasteiger partial charge in [0, 0.05) is 0 Å². The molecule has 136 valence electrons. The zero-order valence-electron chi connectivity index (χ0n) is 16.9. The Balaban J connectivity index is 3.09. The van der Waals surface area contributed by atoms with Crippen LogP contribution >= 0.6 is 0 Å². The third-order valence-corrected chi connectivity index (χ3v) is 4.05. The van der Waals surface area contributed by atoms with Crippen LogP contribution in [0.3, 0.4) is 0 Å². The molecule has 0 atom stereocenters. The summed E-state index contributed by atoms with van der Waals surface area (Å²) in [5, 5.41) is 0. The summed E-state index contributed by atoms with van der Waals surface area (Å²) >= 11 is 0. The number of hydrogen-bond acceptors (Lipinski definition) is 3. The van der Waals surface area contributed by atoms with Gasteiger partial charge in [-0.1, -0.05) is 61.0 Å². The molecule has 24 heavy (non-hydrogen) atoms. The minimum Gasteiger partial charge on any atom is -0.428 e. The highest BCUT2D eigenvalue weighted by Gasteiger charge is 2.25. The minimum absolute atomic E-state index is 0.0231. The first-order valence-corrected chi connectivity index (χ1v) is 8.81. The molecule has 3 heteroatoms. The van der Waals surface area contributed by atoms with E-state index in [0.717, 1.165) is 24.0 Å². The highest BCUT2D eigenvalue weighted by molar-refractivity contribution is 5.64. The molecular weight excluding hydrogens is 300 g/mol. The average Bonchev–Trinajstić information content (AvgIpc) is 2.34. The van der Waals surface area contributed by atoms with Crippen molar-refractivity contribution >= 4 is 6.16 Å². The van der Waals surface area contributed by atoms with Gasteiger partial charge in [0.2, 0.25) is 0 Å². The monoisotopic (exact) mass is 334 g/mol. The van der Waals surface area contributed by atoms with E-state index < -0.39 is 11.8 Å². The van der Waals surface area contributed by atoms with Crippen LogP contribution in [0.4, 0.5) is 4.79 Å². The van der Waals surface area contributed by atoms with Crippen molar-refractivity contribution in [3.8, 4) is 5.75 Å². The van der Waals surface area contributed by atoms with E-state index in [1.807, 2.05) is 26.0 Å². The Kier molecular flexibility index (Phi) is 6.13. The van der Waals surface area contributed by atoms with Gasteiger partial charge < -0.3 is 9.47 Å². The van der Waals surface area contributed by atoms with Gasteiger partial charge in [0.25, 0.3) is 0 Å². The normalized spacial score (nSPS) is 12.9. The van der Waals surface area contributed by atoms with Crippen LogP contribution in [0.1, 0.15) is 86.3 Å². The SMILES string of the molecule is CCCC(C)(C)OC(=O)Oc1cc(C(C)(C)C)cc(C(C)(C)C)c1.